The van der Waals surface area contributed by atoms with Gasteiger partial charge < -0.3 is 10.6 Å². The van der Waals surface area contributed by atoms with E-state index in [0.717, 1.165) is 11.8 Å². The summed E-state index contributed by atoms with van der Waals surface area (Å²) in [6.07, 6.45) is 0.388. The summed E-state index contributed by atoms with van der Waals surface area (Å²) < 4.78 is 28.7. The zero-order chi connectivity index (χ0) is 21.1. The summed E-state index contributed by atoms with van der Waals surface area (Å²) in [6, 6.07) is 11.5. The molecule has 0 unspecified atom stereocenters. The minimum atomic E-state index is -0.890. The maximum absolute atomic E-state index is 14.0. The Morgan fingerprint density at radius 2 is 1.90 bits per heavy atom. The SMILES string of the molecule is O=C(NCCc1csc2nc(-c3ccccc3F)nn12)C(=O)Nc1cccc(F)c1. The van der Waals surface area contributed by atoms with Crippen LogP contribution in [-0.2, 0) is 16.0 Å². The molecule has 4 rings (SSSR count). The van der Waals surface area contributed by atoms with Crippen molar-refractivity contribution in [1.82, 2.24) is 19.9 Å². The van der Waals surface area contributed by atoms with Crippen LogP contribution in [0.5, 0.6) is 0 Å². The first-order chi connectivity index (χ1) is 14.5. The molecule has 0 radical (unpaired) electrons. The van der Waals surface area contributed by atoms with Gasteiger partial charge in [0.1, 0.15) is 11.6 Å². The van der Waals surface area contributed by atoms with Crippen molar-refractivity contribution in [2.75, 3.05) is 11.9 Å². The lowest BCUT2D eigenvalue weighted by atomic mass is 10.2. The van der Waals surface area contributed by atoms with E-state index in [9.17, 15) is 18.4 Å². The largest absolute Gasteiger partial charge is 0.347 e. The average Bonchev–Trinajstić information content (AvgIpc) is 3.30. The predicted molar refractivity (Wildman–Crippen MR) is 108 cm³/mol. The Morgan fingerprint density at radius 1 is 1.07 bits per heavy atom. The van der Waals surface area contributed by atoms with E-state index in [1.54, 1.807) is 22.7 Å². The van der Waals surface area contributed by atoms with E-state index in [2.05, 4.69) is 20.7 Å². The zero-order valence-corrected chi connectivity index (χ0v) is 16.2. The second-order valence-electron chi connectivity index (χ2n) is 6.31. The standard InChI is InChI=1S/C20H15F2N5O2S/c21-12-4-3-5-13(10-12)24-19(29)18(28)23-9-8-14-11-30-20-25-17(26-27(14)20)15-6-1-2-7-16(15)22/h1-7,10-11H,8-9H2,(H,23,28)(H,24,29). The number of fused-ring (bicyclic) bond motifs is 1. The molecule has 0 aliphatic carbocycles. The van der Waals surface area contributed by atoms with E-state index in [4.69, 9.17) is 0 Å². The maximum Gasteiger partial charge on any atom is 0.313 e. The molecule has 7 nitrogen and oxygen atoms in total. The van der Waals surface area contributed by atoms with Crippen LogP contribution in [0.4, 0.5) is 14.5 Å². The highest BCUT2D eigenvalue weighted by Gasteiger charge is 2.16. The summed E-state index contributed by atoms with van der Waals surface area (Å²) in [4.78, 5) is 28.8. The van der Waals surface area contributed by atoms with E-state index >= 15 is 0 Å². The summed E-state index contributed by atoms with van der Waals surface area (Å²) >= 11 is 1.34. The fourth-order valence-corrected chi connectivity index (χ4v) is 3.65. The zero-order valence-electron chi connectivity index (χ0n) is 15.4. The molecule has 0 aliphatic rings. The van der Waals surface area contributed by atoms with Crippen LogP contribution in [0.25, 0.3) is 16.3 Å². The highest BCUT2D eigenvalue weighted by molar-refractivity contribution is 7.15. The quantitative estimate of drug-likeness (QED) is 0.479. The number of rotatable bonds is 5. The van der Waals surface area contributed by atoms with Gasteiger partial charge in [-0.1, -0.05) is 18.2 Å². The number of halogens is 2. The maximum atomic E-state index is 14.0. The third-order valence-corrected chi connectivity index (χ3v) is 5.09. The minimum Gasteiger partial charge on any atom is -0.347 e. The lowest BCUT2D eigenvalue weighted by Gasteiger charge is -2.06. The smallest absolute Gasteiger partial charge is 0.313 e. The van der Waals surface area contributed by atoms with Gasteiger partial charge in [0.25, 0.3) is 0 Å². The van der Waals surface area contributed by atoms with Gasteiger partial charge in [0.2, 0.25) is 4.96 Å². The Bertz CT molecular complexity index is 1240. The average molecular weight is 427 g/mol. The van der Waals surface area contributed by atoms with Crippen LogP contribution >= 0.6 is 11.3 Å². The van der Waals surface area contributed by atoms with Crippen molar-refractivity contribution in [3.8, 4) is 11.4 Å². The molecule has 2 aromatic carbocycles. The van der Waals surface area contributed by atoms with E-state index in [1.165, 1.54) is 35.6 Å². The van der Waals surface area contributed by atoms with E-state index in [1.807, 2.05) is 5.38 Å². The van der Waals surface area contributed by atoms with Crippen molar-refractivity contribution < 1.29 is 18.4 Å². The van der Waals surface area contributed by atoms with Gasteiger partial charge in [0.15, 0.2) is 5.82 Å². The van der Waals surface area contributed by atoms with E-state index < -0.39 is 23.4 Å². The number of carbonyl (C=O) groups is 2. The molecule has 0 saturated carbocycles. The molecular formula is C20H15F2N5O2S. The lowest BCUT2D eigenvalue weighted by Crippen LogP contribution is -2.36. The normalized spacial score (nSPS) is 10.9. The highest BCUT2D eigenvalue weighted by Crippen LogP contribution is 2.23. The Hall–Kier alpha value is -3.66. The lowest BCUT2D eigenvalue weighted by molar-refractivity contribution is -0.136. The fraction of sp³-hybridized carbons (Fsp3) is 0.100. The third kappa shape index (κ3) is 4.18. The second-order valence-corrected chi connectivity index (χ2v) is 7.14. The summed E-state index contributed by atoms with van der Waals surface area (Å²) in [7, 11) is 0. The number of carbonyl (C=O) groups excluding carboxylic acids is 2. The molecule has 0 spiro atoms. The molecule has 152 valence electrons. The van der Waals surface area contributed by atoms with Crippen molar-refractivity contribution in [2.45, 2.75) is 6.42 Å². The number of amides is 2. The summed E-state index contributed by atoms with van der Waals surface area (Å²) in [6.45, 7) is 0.177. The number of anilines is 1. The first-order valence-electron chi connectivity index (χ1n) is 8.94. The van der Waals surface area contributed by atoms with Gasteiger partial charge in [-0.05, 0) is 30.3 Å². The van der Waals surface area contributed by atoms with Crippen LogP contribution in [0.15, 0.2) is 53.9 Å². The van der Waals surface area contributed by atoms with Gasteiger partial charge in [0.05, 0.1) is 11.3 Å². The molecule has 4 aromatic rings. The van der Waals surface area contributed by atoms with Crippen LogP contribution < -0.4 is 10.6 Å². The van der Waals surface area contributed by atoms with Crippen molar-refractivity contribution in [1.29, 1.82) is 0 Å². The molecule has 2 aromatic heterocycles. The van der Waals surface area contributed by atoms with Crippen LogP contribution in [-0.4, -0.2) is 33.0 Å². The Morgan fingerprint density at radius 3 is 2.70 bits per heavy atom. The Balaban J connectivity index is 1.37. The van der Waals surface area contributed by atoms with Gasteiger partial charge >= 0.3 is 11.8 Å². The molecule has 30 heavy (non-hydrogen) atoms. The molecule has 0 fully saturated rings. The van der Waals surface area contributed by atoms with Crippen molar-refractivity contribution in [3.63, 3.8) is 0 Å². The van der Waals surface area contributed by atoms with Crippen molar-refractivity contribution in [2.24, 2.45) is 0 Å². The second kappa shape index (κ2) is 8.37. The Labute approximate surface area is 173 Å². The number of nitrogens with zero attached hydrogens (tertiary/aromatic N) is 3. The van der Waals surface area contributed by atoms with Gasteiger partial charge in [-0.15, -0.1) is 16.4 Å². The van der Waals surface area contributed by atoms with Gasteiger partial charge in [-0.25, -0.2) is 13.3 Å². The molecule has 2 amide bonds. The molecule has 0 aliphatic heterocycles. The third-order valence-electron chi connectivity index (χ3n) is 4.22. The van der Waals surface area contributed by atoms with Crippen LogP contribution in [0.3, 0.4) is 0 Å². The van der Waals surface area contributed by atoms with Crippen molar-refractivity contribution in [3.05, 3.63) is 71.2 Å². The molecule has 10 heteroatoms. The molecule has 0 bridgehead atoms. The van der Waals surface area contributed by atoms with Crippen LogP contribution in [0.1, 0.15) is 5.69 Å². The fourth-order valence-electron chi connectivity index (χ4n) is 2.79. The van der Waals surface area contributed by atoms with Gasteiger partial charge in [0, 0.05) is 24.0 Å². The molecule has 0 atom stereocenters. The van der Waals surface area contributed by atoms with Gasteiger partial charge in [-0.3, -0.25) is 9.59 Å². The molecule has 0 saturated heterocycles. The first-order valence-corrected chi connectivity index (χ1v) is 9.82. The summed E-state index contributed by atoms with van der Waals surface area (Å²) in [5.41, 5.74) is 1.26. The number of aromatic nitrogens is 3. The number of thiazole rings is 1. The highest BCUT2D eigenvalue weighted by atomic mass is 32.1. The summed E-state index contributed by atoms with van der Waals surface area (Å²) in [5, 5.41) is 11.0. The number of benzene rings is 2. The summed E-state index contributed by atoms with van der Waals surface area (Å²) in [5.74, 6) is -2.37. The van der Waals surface area contributed by atoms with Crippen LogP contribution in [0.2, 0.25) is 0 Å². The topological polar surface area (TPSA) is 88.4 Å². The van der Waals surface area contributed by atoms with E-state index in [-0.39, 0.29) is 18.1 Å². The molecule has 2 N–H and O–H groups in total. The number of hydrogen-bond acceptors (Lipinski definition) is 5. The van der Waals surface area contributed by atoms with Crippen molar-refractivity contribution >= 4 is 33.8 Å². The van der Waals surface area contributed by atoms with Gasteiger partial charge in [-0.2, -0.15) is 4.98 Å². The predicted octanol–water partition coefficient (Wildman–Crippen LogP) is 3.03. The molecular weight excluding hydrogens is 412 g/mol. The minimum absolute atomic E-state index is 0.177. The number of nitrogens with one attached hydrogen (secondary N) is 2. The van der Waals surface area contributed by atoms with Crippen LogP contribution in [0, 0.1) is 11.6 Å². The number of hydrogen-bond donors (Lipinski definition) is 2. The first kappa shape index (κ1) is 19.6. The molecule has 2 heterocycles. The monoisotopic (exact) mass is 427 g/mol. The van der Waals surface area contributed by atoms with E-state index in [0.29, 0.717) is 16.9 Å². The Kier molecular flexibility index (Phi) is 5.48.